The van der Waals surface area contributed by atoms with Gasteiger partial charge >= 0.3 is 0 Å². The van der Waals surface area contributed by atoms with Crippen molar-refractivity contribution >= 4 is 22.2 Å². The van der Waals surface area contributed by atoms with E-state index < -0.39 is 0 Å². The van der Waals surface area contributed by atoms with Crippen molar-refractivity contribution in [1.29, 1.82) is 0 Å². The Hall–Kier alpha value is -0.670. The van der Waals surface area contributed by atoms with Gasteiger partial charge in [0.2, 0.25) is 0 Å². The van der Waals surface area contributed by atoms with Crippen molar-refractivity contribution in [2.24, 2.45) is 5.92 Å². The highest BCUT2D eigenvalue weighted by atomic mass is 79.9. The summed E-state index contributed by atoms with van der Waals surface area (Å²) in [5, 5.41) is 0. The number of hydrogen-bond donors (Lipinski definition) is 0. The average Bonchev–Trinajstić information content (AvgIpc) is 2.69. The van der Waals surface area contributed by atoms with E-state index in [-0.39, 0.29) is 5.92 Å². The number of carbonyl (C=O) groups excluding carboxylic acids is 1. The average molecular weight is 282 g/mol. The van der Waals surface area contributed by atoms with Crippen LogP contribution in [0.3, 0.4) is 0 Å². The van der Waals surface area contributed by atoms with Gasteiger partial charge in [0, 0.05) is 16.9 Å². The van der Waals surface area contributed by atoms with Crippen molar-refractivity contribution in [3.8, 4) is 0 Å². The fourth-order valence-corrected chi connectivity index (χ4v) is 2.67. The van der Waals surface area contributed by atoms with E-state index in [2.05, 4.69) is 27.9 Å². The van der Waals surface area contributed by atoms with Crippen LogP contribution in [0.5, 0.6) is 0 Å². The molecule has 0 aliphatic carbocycles. The Morgan fingerprint density at radius 2 is 2.12 bits per heavy atom. The van der Waals surface area contributed by atoms with Gasteiger partial charge in [-0.15, -0.1) is 0 Å². The zero-order chi connectivity index (χ0) is 11.5. The van der Waals surface area contributed by atoms with E-state index >= 15 is 0 Å². The maximum Gasteiger partial charge on any atom is 0.127 e. The first-order valence-electron chi connectivity index (χ1n) is 5.60. The van der Waals surface area contributed by atoms with Gasteiger partial charge in [-0.3, -0.25) is 0 Å². The SMILES string of the molecule is CN1CCC(C(C=O)c2ccc(Br)cc2)C1. The van der Waals surface area contributed by atoms with E-state index in [0.29, 0.717) is 5.92 Å². The minimum absolute atomic E-state index is 0.0537. The minimum atomic E-state index is 0.0537. The highest BCUT2D eigenvalue weighted by molar-refractivity contribution is 9.10. The third-order valence-electron chi connectivity index (χ3n) is 3.34. The summed E-state index contributed by atoms with van der Waals surface area (Å²) in [5.74, 6) is 0.529. The van der Waals surface area contributed by atoms with Crippen molar-refractivity contribution < 1.29 is 4.79 Å². The van der Waals surface area contributed by atoms with Gasteiger partial charge in [0.15, 0.2) is 0 Å². The van der Waals surface area contributed by atoms with Crippen molar-refractivity contribution in [3.05, 3.63) is 34.3 Å². The van der Waals surface area contributed by atoms with Gasteiger partial charge in [0.25, 0.3) is 0 Å². The maximum absolute atomic E-state index is 11.3. The fourth-order valence-electron chi connectivity index (χ4n) is 2.41. The lowest BCUT2D eigenvalue weighted by Gasteiger charge is -2.18. The Kier molecular flexibility index (Phi) is 3.77. The number of benzene rings is 1. The molecule has 1 fully saturated rings. The van der Waals surface area contributed by atoms with Crippen molar-refractivity contribution in [3.63, 3.8) is 0 Å². The zero-order valence-electron chi connectivity index (χ0n) is 9.40. The Morgan fingerprint density at radius 3 is 2.62 bits per heavy atom. The van der Waals surface area contributed by atoms with Crippen LogP contribution >= 0.6 is 15.9 Å². The number of hydrogen-bond acceptors (Lipinski definition) is 2. The van der Waals surface area contributed by atoms with Crippen molar-refractivity contribution in [2.45, 2.75) is 12.3 Å². The van der Waals surface area contributed by atoms with Gasteiger partial charge in [0.05, 0.1) is 0 Å². The summed E-state index contributed by atoms with van der Waals surface area (Å²) < 4.78 is 1.06. The molecular weight excluding hydrogens is 266 g/mol. The van der Waals surface area contributed by atoms with Gasteiger partial charge in [-0.2, -0.15) is 0 Å². The molecule has 0 radical (unpaired) electrons. The Bertz CT molecular complexity index is 363. The summed E-state index contributed by atoms with van der Waals surface area (Å²) in [4.78, 5) is 13.5. The topological polar surface area (TPSA) is 20.3 Å². The molecule has 2 atom stereocenters. The maximum atomic E-state index is 11.3. The summed E-state index contributed by atoms with van der Waals surface area (Å²) in [6.45, 7) is 2.13. The molecule has 0 aromatic heterocycles. The summed E-state index contributed by atoms with van der Waals surface area (Å²) >= 11 is 3.41. The molecule has 1 saturated heterocycles. The summed E-state index contributed by atoms with van der Waals surface area (Å²) in [6.07, 6.45) is 2.23. The second-order valence-electron chi connectivity index (χ2n) is 4.52. The lowest BCUT2D eigenvalue weighted by Crippen LogP contribution is -2.19. The molecule has 0 amide bonds. The Balaban J connectivity index is 2.16. The first-order valence-corrected chi connectivity index (χ1v) is 6.39. The van der Waals surface area contributed by atoms with Crippen LogP contribution in [0.25, 0.3) is 0 Å². The molecular formula is C13H16BrNO. The highest BCUT2D eigenvalue weighted by Gasteiger charge is 2.28. The van der Waals surface area contributed by atoms with Crippen molar-refractivity contribution in [2.75, 3.05) is 20.1 Å². The molecule has 3 heteroatoms. The van der Waals surface area contributed by atoms with Crippen LogP contribution in [-0.4, -0.2) is 31.3 Å². The first-order chi connectivity index (χ1) is 7.70. The smallest absolute Gasteiger partial charge is 0.127 e. The zero-order valence-corrected chi connectivity index (χ0v) is 11.0. The molecule has 0 saturated carbocycles. The van der Waals surface area contributed by atoms with Crippen LogP contribution in [0.2, 0.25) is 0 Å². The Labute approximate surface area is 105 Å². The van der Waals surface area contributed by atoms with Crippen LogP contribution in [0.4, 0.5) is 0 Å². The second kappa shape index (κ2) is 5.11. The second-order valence-corrected chi connectivity index (χ2v) is 5.44. The minimum Gasteiger partial charge on any atom is -0.306 e. The van der Waals surface area contributed by atoms with Crippen LogP contribution < -0.4 is 0 Å². The van der Waals surface area contributed by atoms with Crippen LogP contribution in [0.1, 0.15) is 17.9 Å². The monoisotopic (exact) mass is 281 g/mol. The number of halogens is 1. The standard InChI is InChI=1S/C13H16BrNO/c1-15-7-6-11(8-15)13(9-16)10-2-4-12(14)5-3-10/h2-5,9,11,13H,6-8H2,1H3. The van der Waals surface area contributed by atoms with Crippen LogP contribution in [0, 0.1) is 5.92 Å². The van der Waals surface area contributed by atoms with E-state index in [9.17, 15) is 4.79 Å². The highest BCUT2D eigenvalue weighted by Crippen LogP contribution is 2.30. The molecule has 2 rings (SSSR count). The predicted molar refractivity (Wildman–Crippen MR) is 68.6 cm³/mol. The number of rotatable bonds is 3. The number of carbonyl (C=O) groups is 1. The molecule has 1 aromatic carbocycles. The van der Waals surface area contributed by atoms with Gasteiger partial charge in [-0.25, -0.2) is 0 Å². The third-order valence-corrected chi connectivity index (χ3v) is 3.87. The summed E-state index contributed by atoms with van der Waals surface area (Å²) in [5.41, 5.74) is 1.14. The van der Waals surface area contributed by atoms with Gasteiger partial charge in [0.1, 0.15) is 6.29 Å². The molecule has 1 aliphatic rings. The van der Waals surface area contributed by atoms with Crippen molar-refractivity contribution in [1.82, 2.24) is 4.90 Å². The molecule has 86 valence electrons. The molecule has 1 aromatic rings. The molecule has 2 nitrogen and oxygen atoms in total. The van der Waals surface area contributed by atoms with E-state index in [0.717, 1.165) is 35.8 Å². The summed E-state index contributed by atoms with van der Waals surface area (Å²) in [7, 11) is 2.11. The molecule has 1 heterocycles. The molecule has 0 bridgehead atoms. The number of likely N-dealkylation sites (tertiary alicyclic amines) is 1. The quantitative estimate of drug-likeness (QED) is 0.794. The van der Waals surface area contributed by atoms with Gasteiger partial charge in [-0.05, 0) is 43.6 Å². The fraction of sp³-hybridized carbons (Fsp3) is 0.462. The predicted octanol–water partition coefficient (Wildman–Crippen LogP) is 2.68. The number of aldehydes is 1. The Morgan fingerprint density at radius 1 is 1.44 bits per heavy atom. The molecule has 16 heavy (non-hydrogen) atoms. The van der Waals surface area contributed by atoms with Crippen LogP contribution in [0.15, 0.2) is 28.7 Å². The third kappa shape index (κ3) is 2.53. The number of nitrogens with zero attached hydrogens (tertiary/aromatic N) is 1. The van der Waals surface area contributed by atoms with Crippen LogP contribution in [-0.2, 0) is 4.79 Å². The lowest BCUT2D eigenvalue weighted by atomic mass is 9.86. The molecule has 1 aliphatic heterocycles. The van der Waals surface area contributed by atoms with Gasteiger partial charge in [-0.1, -0.05) is 28.1 Å². The first kappa shape index (κ1) is 11.8. The lowest BCUT2D eigenvalue weighted by molar-refractivity contribution is -0.110. The largest absolute Gasteiger partial charge is 0.306 e. The van der Waals surface area contributed by atoms with Gasteiger partial charge < -0.3 is 9.69 Å². The van der Waals surface area contributed by atoms with E-state index in [1.54, 1.807) is 0 Å². The molecule has 0 spiro atoms. The van der Waals surface area contributed by atoms with E-state index in [4.69, 9.17) is 0 Å². The normalized spacial score (nSPS) is 23.2. The molecule has 0 N–H and O–H groups in total. The summed E-state index contributed by atoms with van der Waals surface area (Å²) in [6, 6.07) is 8.10. The molecule has 2 unspecified atom stereocenters. The van der Waals surface area contributed by atoms with E-state index in [1.165, 1.54) is 0 Å². The van der Waals surface area contributed by atoms with E-state index in [1.807, 2.05) is 24.3 Å².